The molecule has 1 saturated heterocycles. The molecule has 18 heavy (non-hydrogen) atoms. The van der Waals surface area contributed by atoms with Crippen LogP contribution in [0.1, 0.15) is 53.9 Å². The lowest BCUT2D eigenvalue weighted by Gasteiger charge is -2.40. The first-order valence-electron chi connectivity index (χ1n) is 7.99. The molecule has 0 aromatic heterocycles. The molecule has 2 nitrogen and oxygen atoms in total. The third-order valence-electron chi connectivity index (χ3n) is 4.44. The van der Waals surface area contributed by atoms with E-state index in [1.165, 1.54) is 38.9 Å². The van der Waals surface area contributed by atoms with Gasteiger partial charge >= 0.3 is 0 Å². The van der Waals surface area contributed by atoms with Crippen molar-refractivity contribution in [3.05, 3.63) is 0 Å². The van der Waals surface area contributed by atoms with Crippen molar-refractivity contribution in [3.8, 4) is 0 Å². The predicted octanol–water partition coefficient (Wildman–Crippen LogP) is 3.38. The molecule has 1 N–H and O–H groups in total. The topological polar surface area (TPSA) is 15.3 Å². The van der Waals surface area contributed by atoms with Crippen molar-refractivity contribution in [2.45, 2.75) is 59.9 Å². The Morgan fingerprint density at radius 1 is 1.17 bits per heavy atom. The van der Waals surface area contributed by atoms with Crippen molar-refractivity contribution in [1.82, 2.24) is 10.2 Å². The van der Waals surface area contributed by atoms with Crippen molar-refractivity contribution < 1.29 is 0 Å². The summed E-state index contributed by atoms with van der Waals surface area (Å²) in [7, 11) is 0. The summed E-state index contributed by atoms with van der Waals surface area (Å²) in [4.78, 5) is 2.74. The van der Waals surface area contributed by atoms with E-state index in [9.17, 15) is 0 Å². The molecule has 1 aliphatic heterocycles. The van der Waals surface area contributed by atoms with Gasteiger partial charge in [0.2, 0.25) is 0 Å². The second-order valence-corrected chi connectivity index (χ2v) is 6.73. The fourth-order valence-corrected chi connectivity index (χ4v) is 2.91. The van der Waals surface area contributed by atoms with Gasteiger partial charge in [-0.25, -0.2) is 0 Å². The molecule has 0 radical (unpaired) electrons. The summed E-state index contributed by atoms with van der Waals surface area (Å²) in [6.07, 6.45) is 4.02. The average molecular weight is 254 g/mol. The van der Waals surface area contributed by atoms with Gasteiger partial charge in [-0.1, -0.05) is 41.0 Å². The second kappa shape index (κ2) is 8.16. The number of rotatable bonds is 7. The number of nitrogens with one attached hydrogen (secondary N) is 1. The molecule has 108 valence electrons. The maximum atomic E-state index is 3.65. The van der Waals surface area contributed by atoms with E-state index in [0.29, 0.717) is 0 Å². The largest absolute Gasteiger partial charge is 0.315 e. The predicted molar refractivity (Wildman–Crippen MR) is 80.9 cm³/mol. The minimum atomic E-state index is 0.753. The molecule has 0 aromatic carbocycles. The van der Waals surface area contributed by atoms with Crippen molar-refractivity contribution in [3.63, 3.8) is 0 Å². The Hall–Kier alpha value is -0.0800. The summed E-state index contributed by atoms with van der Waals surface area (Å²) in [5, 5.41) is 3.65. The SMILES string of the molecule is CCCC(CNCC(C)C)N1CCC(C)C(C)C1. The molecule has 3 atom stereocenters. The third kappa shape index (κ3) is 5.27. The third-order valence-corrected chi connectivity index (χ3v) is 4.44. The van der Waals surface area contributed by atoms with Gasteiger partial charge in [-0.2, -0.15) is 0 Å². The maximum Gasteiger partial charge on any atom is 0.0220 e. The van der Waals surface area contributed by atoms with Crippen molar-refractivity contribution >= 4 is 0 Å². The van der Waals surface area contributed by atoms with Gasteiger partial charge < -0.3 is 5.32 Å². The summed E-state index contributed by atoms with van der Waals surface area (Å²) in [6, 6.07) is 0.753. The highest BCUT2D eigenvalue weighted by Crippen LogP contribution is 2.24. The average Bonchev–Trinajstić information content (AvgIpc) is 2.31. The van der Waals surface area contributed by atoms with Crippen LogP contribution in [-0.2, 0) is 0 Å². The quantitative estimate of drug-likeness (QED) is 0.749. The normalized spacial score (nSPS) is 27.7. The van der Waals surface area contributed by atoms with Gasteiger partial charge in [-0.05, 0) is 43.7 Å². The van der Waals surface area contributed by atoms with E-state index in [0.717, 1.165) is 30.3 Å². The van der Waals surface area contributed by atoms with Gasteiger partial charge in [-0.3, -0.25) is 4.90 Å². The van der Waals surface area contributed by atoms with Gasteiger partial charge in [0.1, 0.15) is 0 Å². The number of hydrogen-bond acceptors (Lipinski definition) is 2. The number of nitrogens with zero attached hydrogens (tertiary/aromatic N) is 1. The summed E-state index contributed by atoms with van der Waals surface area (Å²) in [5.41, 5.74) is 0. The molecule has 1 fully saturated rings. The maximum absolute atomic E-state index is 3.65. The molecule has 0 bridgehead atoms. The molecule has 1 heterocycles. The van der Waals surface area contributed by atoms with E-state index in [2.05, 4.69) is 44.8 Å². The van der Waals surface area contributed by atoms with Gasteiger partial charge in [0.25, 0.3) is 0 Å². The Bertz CT molecular complexity index is 215. The first kappa shape index (κ1) is 16.0. The minimum absolute atomic E-state index is 0.753. The van der Waals surface area contributed by atoms with E-state index < -0.39 is 0 Å². The Balaban J connectivity index is 2.40. The molecule has 1 aliphatic rings. The molecule has 0 aliphatic carbocycles. The molecule has 0 spiro atoms. The van der Waals surface area contributed by atoms with Gasteiger partial charge in [0.15, 0.2) is 0 Å². The number of piperidine rings is 1. The summed E-state index contributed by atoms with van der Waals surface area (Å²) in [5.74, 6) is 2.53. The number of likely N-dealkylation sites (tertiary alicyclic amines) is 1. The summed E-state index contributed by atoms with van der Waals surface area (Å²) >= 11 is 0. The van der Waals surface area contributed by atoms with Gasteiger partial charge in [-0.15, -0.1) is 0 Å². The van der Waals surface area contributed by atoms with E-state index in [4.69, 9.17) is 0 Å². The van der Waals surface area contributed by atoms with Crippen LogP contribution in [0.25, 0.3) is 0 Å². The Morgan fingerprint density at radius 2 is 1.89 bits per heavy atom. The standard InChI is InChI=1S/C16H34N2/c1-6-7-16(11-17-10-13(2)3)18-9-8-14(4)15(5)12-18/h13-17H,6-12H2,1-5H3. The molecule has 1 rings (SSSR count). The van der Waals surface area contributed by atoms with Crippen LogP contribution in [0.15, 0.2) is 0 Å². The second-order valence-electron chi connectivity index (χ2n) is 6.73. The first-order chi connectivity index (χ1) is 8.54. The fraction of sp³-hybridized carbons (Fsp3) is 1.00. The van der Waals surface area contributed by atoms with E-state index in [1.54, 1.807) is 0 Å². The molecular weight excluding hydrogens is 220 g/mol. The summed E-state index contributed by atoms with van der Waals surface area (Å²) in [6.45, 7) is 16.6. The highest BCUT2D eigenvalue weighted by Gasteiger charge is 2.26. The Labute approximate surface area is 115 Å². The zero-order valence-electron chi connectivity index (χ0n) is 13.2. The molecule has 3 unspecified atom stereocenters. The smallest absolute Gasteiger partial charge is 0.0220 e. The molecule has 0 amide bonds. The molecular formula is C16H34N2. The van der Waals surface area contributed by atoms with Crippen LogP contribution in [0, 0.1) is 17.8 Å². The van der Waals surface area contributed by atoms with Gasteiger partial charge in [0.05, 0.1) is 0 Å². The van der Waals surface area contributed by atoms with Crippen molar-refractivity contribution in [2.75, 3.05) is 26.2 Å². The molecule has 0 aromatic rings. The Kier molecular flexibility index (Phi) is 7.25. The molecule has 2 heteroatoms. The van der Waals surface area contributed by atoms with Gasteiger partial charge in [0, 0.05) is 19.1 Å². The molecule has 0 saturated carbocycles. The minimum Gasteiger partial charge on any atom is -0.315 e. The lowest BCUT2D eigenvalue weighted by molar-refractivity contribution is 0.0895. The monoisotopic (exact) mass is 254 g/mol. The Morgan fingerprint density at radius 3 is 2.44 bits per heavy atom. The van der Waals surface area contributed by atoms with Crippen molar-refractivity contribution in [2.24, 2.45) is 17.8 Å². The lowest BCUT2D eigenvalue weighted by atomic mass is 9.87. The zero-order valence-corrected chi connectivity index (χ0v) is 13.2. The van der Waals surface area contributed by atoms with Crippen molar-refractivity contribution in [1.29, 1.82) is 0 Å². The van der Waals surface area contributed by atoms with E-state index >= 15 is 0 Å². The highest BCUT2D eigenvalue weighted by atomic mass is 15.2. The fourth-order valence-electron chi connectivity index (χ4n) is 2.91. The highest BCUT2D eigenvalue weighted by molar-refractivity contribution is 4.81. The van der Waals surface area contributed by atoms with Crippen LogP contribution in [0.3, 0.4) is 0 Å². The zero-order chi connectivity index (χ0) is 13.5. The van der Waals surface area contributed by atoms with E-state index in [1.807, 2.05) is 0 Å². The lowest BCUT2D eigenvalue weighted by Crippen LogP contribution is -2.48. The van der Waals surface area contributed by atoms with Crippen LogP contribution in [0.2, 0.25) is 0 Å². The summed E-state index contributed by atoms with van der Waals surface area (Å²) < 4.78 is 0. The first-order valence-corrected chi connectivity index (χ1v) is 7.99. The van der Waals surface area contributed by atoms with E-state index in [-0.39, 0.29) is 0 Å². The van der Waals surface area contributed by atoms with Crippen LogP contribution in [0.4, 0.5) is 0 Å². The van der Waals surface area contributed by atoms with Crippen LogP contribution >= 0.6 is 0 Å². The number of hydrogen-bond donors (Lipinski definition) is 1. The van der Waals surface area contributed by atoms with Crippen LogP contribution in [-0.4, -0.2) is 37.1 Å². The van der Waals surface area contributed by atoms with Crippen LogP contribution in [0.5, 0.6) is 0 Å². The van der Waals surface area contributed by atoms with Crippen LogP contribution < -0.4 is 5.32 Å².